The Hall–Kier alpha value is -2.12. The maximum absolute atomic E-state index is 9.66. The van der Waals surface area contributed by atoms with Gasteiger partial charge in [-0.3, -0.25) is 4.98 Å². The van der Waals surface area contributed by atoms with E-state index in [2.05, 4.69) is 27.9 Å². The lowest BCUT2D eigenvalue weighted by atomic mass is 9.97. The molecule has 2 aromatic heterocycles. The van der Waals surface area contributed by atoms with Crippen LogP contribution in [0.3, 0.4) is 0 Å². The molecule has 1 saturated heterocycles. The minimum absolute atomic E-state index is 0.00607. The van der Waals surface area contributed by atoms with Gasteiger partial charge in [-0.15, -0.1) is 0 Å². The summed E-state index contributed by atoms with van der Waals surface area (Å²) in [5.41, 5.74) is 4.91. The normalized spacial score (nSPS) is 18.7. The minimum Gasteiger partial charge on any atom is -0.395 e. The molecule has 0 aliphatic carbocycles. The van der Waals surface area contributed by atoms with Gasteiger partial charge in [0.25, 0.3) is 0 Å². The first-order valence-corrected chi connectivity index (χ1v) is 10.8. The van der Waals surface area contributed by atoms with Gasteiger partial charge in [-0.2, -0.15) is 0 Å². The highest BCUT2D eigenvalue weighted by atomic mass is 35.5. The van der Waals surface area contributed by atoms with E-state index in [0.29, 0.717) is 21.7 Å². The Morgan fingerprint density at radius 2 is 1.97 bits per heavy atom. The fraction of sp³-hybridized carbons (Fsp3) is 0.273. The summed E-state index contributed by atoms with van der Waals surface area (Å²) >= 11 is 18.4. The molecular weight excluding hydrogens is 439 g/mol. The number of halogens is 2. The van der Waals surface area contributed by atoms with Gasteiger partial charge in [0.1, 0.15) is 0 Å². The molecule has 1 aliphatic heterocycles. The molecular formula is C22H22Cl2N4OS. The van der Waals surface area contributed by atoms with Gasteiger partial charge in [-0.05, 0) is 62.0 Å². The summed E-state index contributed by atoms with van der Waals surface area (Å²) in [5.74, 6) is 0. The number of thiocarbonyl (C=S) groups is 1. The first-order chi connectivity index (χ1) is 14.4. The van der Waals surface area contributed by atoms with Crippen molar-refractivity contribution in [1.82, 2.24) is 19.8 Å². The molecule has 5 nitrogen and oxygen atoms in total. The average Bonchev–Trinajstić information content (AvgIpc) is 3.21. The summed E-state index contributed by atoms with van der Waals surface area (Å²) in [6, 6.07) is 13.4. The Kier molecular flexibility index (Phi) is 6.02. The minimum atomic E-state index is -0.131. The van der Waals surface area contributed by atoms with Gasteiger partial charge < -0.3 is 19.9 Å². The lowest BCUT2D eigenvalue weighted by molar-refractivity contribution is 0.223. The fourth-order valence-electron chi connectivity index (χ4n) is 4.22. The van der Waals surface area contributed by atoms with Crippen LogP contribution in [-0.4, -0.2) is 37.8 Å². The predicted molar refractivity (Wildman–Crippen MR) is 125 cm³/mol. The monoisotopic (exact) mass is 460 g/mol. The molecule has 0 amide bonds. The maximum atomic E-state index is 9.66. The van der Waals surface area contributed by atoms with Crippen molar-refractivity contribution in [2.24, 2.45) is 0 Å². The average molecular weight is 461 g/mol. The van der Waals surface area contributed by atoms with Crippen molar-refractivity contribution in [3.05, 3.63) is 81.4 Å². The van der Waals surface area contributed by atoms with Crippen molar-refractivity contribution < 1.29 is 5.11 Å². The number of nitrogens with one attached hydrogen (secondary N) is 1. The van der Waals surface area contributed by atoms with Crippen LogP contribution in [0.2, 0.25) is 10.0 Å². The highest BCUT2D eigenvalue weighted by molar-refractivity contribution is 7.80. The van der Waals surface area contributed by atoms with Crippen LogP contribution < -0.4 is 5.32 Å². The van der Waals surface area contributed by atoms with Crippen molar-refractivity contribution in [2.45, 2.75) is 25.9 Å². The molecule has 0 unspecified atom stereocenters. The first-order valence-electron chi connectivity index (χ1n) is 9.66. The number of nitrogens with zero attached hydrogens (tertiary/aromatic N) is 3. The Balaban J connectivity index is 1.86. The van der Waals surface area contributed by atoms with Crippen molar-refractivity contribution in [1.29, 1.82) is 0 Å². The fourth-order valence-corrected chi connectivity index (χ4v) is 4.93. The van der Waals surface area contributed by atoms with E-state index in [-0.39, 0.29) is 18.7 Å². The number of aromatic nitrogens is 2. The van der Waals surface area contributed by atoms with Crippen LogP contribution in [0.1, 0.15) is 34.7 Å². The molecule has 156 valence electrons. The number of aliphatic hydroxyl groups excluding tert-OH is 1. The lowest BCUT2D eigenvalue weighted by Gasteiger charge is -2.27. The van der Waals surface area contributed by atoms with Crippen LogP contribution in [0.25, 0.3) is 5.69 Å². The van der Waals surface area contributed by atoms with E-state index in [1.165, 1.54) is 0 Å². The van der Waals surface area contributed by atoms with Gasteiger partial charge in [-0.1, -0.05) is 35.3 Å². The quantitative estimate of drug-likeness (QED) is 0.537. The van der Waals surface area contributed by atoms with Gasteiger partial charge in [-0.25, -0.2) is 0 Å². The lowest BCUT2D eigenvalue weighted by Crippen LogP contribution is -2.32. The zero-order valence-electron chi connectivity index (χ0n) is 16.6. The molecule has 8 heteroatoms. The molecule has 3 heterocycles. The van der Waals surface area contributed by atoms with E-state index >= 15 is 0 Å². The second-order valence-corrected chi connectivity index (χ2v) is 8.45. The van der Waals surface area contributed by atoms with Gasteiger partial charge in [0, 0.05) is 24.1 Å². The Morgan fingerprint density at radius 3 is 2.67 bits per heavy atom. The van der Waals surface area contributed by atoms with Crippen molar-refractivity contribution >= 4 is 40.5 Å². The molecule has 30 heavy (non-hydrogen) atoms. The highest BCUT2D eigenvalue weighted by Gasteiger charge is 2.41. The van der Waals surface area contributed by atoms with Crippen molar-refractivity contribution in [2.75, 3.05) is 13.2 Å². The molecule has 0 bridgehead atoms. The number of rotatable bonds is 5. The number of β-amino-alcohol motifs (C(OH)–C–C–N with tert-alkyl or cyclic N) is 1. The van der Waals surface area contributed by atoms with Gasteiger partial charge >= 0.3 is 0 Å². The standard InChI is InChI=1S/C22H22Cl2N4OS/c1-13-12-15(14(2)28(13)18-8-5-6-16(23)19(18)24)21-20(17-7-3-4-9-25-17)26-22(30)27(21)10-11-29/h3-9,12,20-21,29H,10-11H2,1-2H3,(H,26,30)/t20-,21-/m1/s1. The number of hydrogen-bond acceptors (Lipinski definition) is 3. The Morgan fingerprint density at radius 1 is 1.17 bits per heavy atom. The summed E-state index contributed by atoms with van der Waals surface area (Å²) in [6.45, 7) is 4.54. The summed E-state index contributed by atoms with van der Waals surface area (Å²) in [6.07, 6.45) is 1.78. The number of hydrogen-bond donors (Lipinski definition) is 2. The largest absolute Gasteiger partial charge is 0.395 e. The van der Waals surface area contributed by atoms with E-state index in [0.717, 1.165) is 28.3 Å². The molecule has 0 radical (unpaired) electrons. The second kappa shape index (κ2) is 8.55. The summed E-state index contributed by atoms with van der Waals surface area (Å²) in [7, 11) is 0. The third-order valence-corrected chi connectivity index (χ3v) is 6.66. The van der Waals surface area contributed by atoms with Crippen LogP contribution in [0.4, 0.5) is 0 Å². The zero-order valence-corrected chi connectivity index (χ0v) is 19.0. The molecule has 2 N–H and O–H groups in total. The number of benzene rings is 1. The van der Waals surface area contributed by atoms with Crippen LogP contribution in [0.15, 0.2) is 48.7 Å². The predicted octanol–water partition coefficient (Wildman–Crippen LogP) is 4.76. The van der Waals surface area contributed by atoms with E-state index < -0.39 is 0 Å². The van der Waals surface area contributed by atoms with Crippen LogP contribution in [0.5, 0.6) is 0 Å². The Labute approximate surface area is 191 Å². The highest BCUT2D eigenvalue weighted by Crippen LogP contribution is 2.42. The van der Waals surface area contributed by atoms with E-state index in [1.54, 1.807) is 12.3 Å². The molecule has 1 aromatic carbocycles. The molecule has 2 atom stereocenters. The van der Waals surface area contributed by atoms with Gasteiger partial charge in [0.2, 0.25) is 0 Å². The molecule has 0 spiro atoms. The summed E-state index contributed by atoms with van der Waals surface area (Å²) < 4.78 is 2.11. The SMILES string of the molecule is Cc1cc([C@@H]2[C@@H](c3ccccn3)NC(=S)N2CCO)c(C)n1-c1cccc(Cl)c1Cl. The third kappa shape index (κ3) is 3.58. The van der Waals surface area contributed by atoms with Crippen LogP contribution in [0, 0.1) is 13.8 Å². The smallest absolute Gasteiger partial charge is 0.170 e. The molecule has 3 aromatic rings. The Bertz CT molecular complexity index is 1090. The molecule has 4 rings (SSSR count). The molecule has 1 fully saturated rings. The number of pyridine rings is 1. The van der Waals surface area contributed by atoms with E-state index in [9.17, 15) is 5.11 Å². The topological polar surface area (TPSA) is 53.3 Å². The van der Waals surface area contributed by atoms with Crippen LogP contribution in [-0.2, 0) is 0 Å². The molecule has 0 saturated carbocycles. The first kappa shape index (κ1) is 21.1. The second-order valence-electron chi connectivity index (χ2n) is 7.28. The van der Waals surface area contributed by atoms with Gasteiger partial charge in [0.15, 0.2) is 5.11 Å². The van der Waals surface area contributed by atoms with E-state index in [4.69, 9.17) is 35.4 Å². The van der Waals surface area contributed by atoms with Crippen LogP contribution >= 0.6 is 35.4 Å². The third-order valence-electron chi connectivity index (χ3n) is 5.50. The van der Waals surface area contributed by atoms with Crippen molar-refractivity contribution in [3.8, 4) is 5.69 Å². The molecule has 1 aliphatic rings. The maximum Gasteiger partial charge on any atom is 0.170 e. The van der Waals surface area contributed by atoms with E-state index in [1.807, 2.05) is 42.2 Å². The summed E-state index contributed by atoms with van der Waals surface area (Å²) in [5, 5.41) is 14.7. The summed E-state index contributed by atoms with van der Waals surface area (Å²) in [4.78, 5) is 6.58. The number of aliphatic hydroxyl groups is 1. The number of aryl methyl sites for hydroxylation is 1. The van der Waals surface area contributed by atoms with Gasteiger partial charge in [0.05, 0.1) is 40.1 Å². The van der Waals surface area contributed by atoms with Crippen molar-refractivity contribution in [3.63, 3.8) is 0 Å². The zero-order chi connectivity index (χ0) is 21.4.